The second-order valence-electron chi connectivity index (χ2n) is 5.94. The van der Waals surface area contributed by atoms with Crippen molar-refractivity contribution in [1.82, 2.24) is 4.98 Å². The van der Waals surface area contributed by atoms with Crippen LogP contribution in [0.2, 0.25) is 0 Å². The molecule has 0 aliphatic rings. The predicted octanol–water partition coefficient (Wildman–Crippen LogP) is 5.14. The number of carbonyl (C=O) groups excluding carboxylic acids is 1. The Balaban J connectivity index is 1.84. The van der Waals surface area contributed by atoms with Crippen LogP contribution in [0.1, 0.15) is 27.9 Å². The summed E-state index contributed by atoms with van der Waals surface area (Å²) in [6.07, 6.45) is 2.55. The Bertz CT molecular complexity index is 1050. The van der Waals surface area contributed by atoms with Gasteiger partial charge in [-0.15, -0.1) is 11.3 Å². The van der Waals surface area contributed by atoms with Crippen LogP contribution in [-0.2, 0) is 11.2 Å². The summed E-state index contributed by atoms with van der Waals surface area (Å²) >= 11 is 1.40. The highest BCUT2D eigenvalue weighted by atomic mass is 32.1. The van der Waals surface area contributed by atoms with Gasteiger partial charge in [-0.3, -0.25) is 0 Å². The van der Waals surface area contributed by atoms with Gasteiger partial charge in [0.05, 0.1) is 24.1 Å². The molecule has 0 atom stereocenters. The van der Waals surface area contributed by atoms with Gasteiger partial charge in [-0.25, -0.2) is 9.78 Å². The number of carbonyl (C=O) groups is 1. The standard InChI is InChI=1S/C22H19N3O2S/c1-3-15-8-10-16(11-9-15)20-14-28-21(25-20)17(12-23)13-24-19-7-5-4-6-18(19)22(26)27-2/h4-11,13-14,24H,3H2,1-2H3. The maximum atomic E-state index is 11.9. The summed E-state index contributed by atoms with van der Waals surface area (Å²) in [4.78, 5) is 16.5. The minimum atomic E-state index is -0.443. The third kappa shape index (κ3) is 4.27. The molecule has 28 heavy (non-hydrogen) atoms. The van der Waals surface area contributed by atoms with Crippen LogP contribution < -0.4 is 5.32 Å². The highest BCUT2D eigenvalue weighted by Crippen LogP contribution is 2.27. The van der Waals surface area contributed by atoms with E-state index in [1.54, 1.807) is 30.5 Å². The van der Waals surface area contributed by atoms with Crippen LogP contribution in [0.3, 0.4) is 0 Å². The first-order valence-electron chi connectivity index (χ1n) is 8.75. The first-order chi connectivity index (χ1) is 13.7. The van der Waals surface area contributed by atoms with E-state index in [4.69, 9.17) is 4.74 Å². The number of benzene rings is 2. The summed E-state index contributed by atoms with van der Waals surface area (Å²) in [6, 6.07) is 17.4. The molecular weight excluding hydrogens is 370 g/mol. The predicted molar refractivity (Wildman–Crippen MR) is 112 cm³/mol. The van der Waals surface area contributed by atoms with Crippen molar-refractivity contribution in [1.29, 1.82) is 5.26 Å². The van der Waals surface area contributed by atoms with Crippen LogP contribution in [0, 0.1) is 11.3 Å². The van der Waals surface area contributed by atoms with Crippen LogP contribution in [0.15, 0.2) is 60.1 Å². The van der Waals surface area contributed by atoms with Crippen molar-refractivity contribution in [2.45, 2.75) is 13.3 Å². The van der Waals surface area contributed by atoms with Crippen LogP contribution in [0.25, 0.3) is 16.8 Å². The zero-order valence-corrected chi connectivity index (χ0v) is 16.4. The monoisotopic (exact) mass is 389 g/mol. The van der Waals surface area contributed by atoms with Gasteiger partial charge >= 0.3 is 5.97 Å². The third-order valence-corrected chi connectivity index (χ3v) is 5.09. The summed E-state index contributed by atoms with van der Waals surface area (Å²) in [7, 11) is 1.33. The van der Waals surface area contributed by atoms with Crippen molar-refractivity contribution >= 4 is 28.6 Å². The summed E-state index contributed by atoms with van der Waals surface area (Å²) in [5.74, 6) is -0.443. The van der Waals surface area contributed by atoms with Gasteiger partial charge in [0.25, 0.3) is 0 Å². The number of nitrogens with one attached hydrogen (secondary N) is 1. The summed E-state index contributed by atoms with van der Waals surface area (Å²) < 4.78 is 4.79. The Morgan fingerprint density at radius 1 is 1.25 bits per heavy atom. The molecule has 0 bridgehead atoms. The van der Waals surface area contributed by atoms with E-state index in [1.165, 1.54) is 24.0 Å². The molecule has 0 radical (unpaired) electrons. The lowest BCUT2D eigenvalue weighted by Crippen LogP contribution is -2.05. The van der Waals surface area contributed by atoms with E-state index in [1.807, 2.05) is 17.5 Å². The number of para-hydroxylation sites is 1. The normalized spacial score (nSPS) is 11.0. The molecule has 6 heteroatoms. The third-order valence-electron chi connectivity index (χ3n) is 4.22. The fraction of sp³-hybridized carbons (Fsp3) is 0.136. The molecule has 0 spiro atoms. The van der Waals surface area contributed by atoms with Crippen molar-refractivity contribution in [2.75, 3.05) is 12.4 Å². The number of aromatic nitrogens is 1. The summed E-state index contributed by atoms with van der Waals surface area (Å²) in [5.41, 5.74) is 4.47. The second-order valence-corrected chi connectivity index (χ2v) is 6.80. The quantitative estimate of drug-likeness (QED) is 0.467. The number of allylic oxidation sites excluding steroid dienone is 1. The topological polar surface area (TPSA) is 75.0 Å². The van der Waals surface area contributed by atoms with Crippen molar-refractivity contribution in [3.8, 4) is 17.3 Å². The minimum Gasteiger partial charge on any atom is -0.465 e. The van der Waals surface area contributed by atoms with Crippen molar-refractivity contribution in [3.05, 3.63) is 76.2 Å². The van der Waals surface area contributed by atoms with Gasteiger partial charge < -0.3 is 10.1 Å². The van der Waals surface area contributed by atoms with E-state index in [-0.39, 0.29) is 0 Å². The molecule has 1 N–H and O–H groups in total. The van der Waals surface area contributed by atoms with Crippen LogP contribution in [0.4, 0.5) is 5.69 Å². The van der Waals surface area contributed by atoms with Crippen molar-refractivity contribution in [2.24, 2.45) is 0 Å². The number of aryl methyl sites for hydroxylation is 1. The number of esters is 1. The lowest BCUT2D eigenvalue weighted by Gasteiger charge is -2.07. The van der Waals surface area contributed by atoms with E-state index in [0.29, 0.717) is 21.8 Å². The molecule has 2 aromatic carbocycles. The highest BCUT2D eigenvalue weighted by Gasteiger charge is 2.12. The van der Waals surface area contributed by atoms with Gasteiger partial charge in [-0.1, -0.05) is 43.3 Å². The number of rotatable bonds is 6. The largest absolute Gasteiger partial charge is 0.465 e. The number of ether oxygens (including phenoxy) is 1. The van der Waals surface area contributed by atoms with Gasteiger partial charge in [0.2, 0.25) is 0 Å². The molecule has 0 amide bonds. The second kappa shape index (κ2) is 8.98. The SMILES string of the molecule is CCc1ccc(-c2csc(C(C#N)=CNc3ccccc3C(=O)OC)n2)cc1. The summed E-state index contributed by atoms with van der Waals surface area (Å²) in [5, 5.41) is 15.1. The Morgan fingerprint density at radius 3 is 2.68 bits per heavy atom. The number of nitriles is 1. The molecule has 140 valence electrons. The highest BCUT2D eigenvalue weighted by molar-refractivity contribution is 7.11. The molecule has 3 rings (SSSR count). The average molecular weight is 389 g/mol. The number of hydrogen-bond donors (Lipinski definition) is 1. The first kappa shape index (κ1) is 19.3. The number of methoxy groups -OCH3 is 1. The van der Waals surface area contributed by atoms with Crippen molar-refractivity contribution in [3.63, 3.8) is 0 Å². The van der Waals surface area contributed by atoms with Crippen LogP contribution >= 0.6 is 11.3 Å². The molecular formula is C22H19N3O2S. The van der Waals surface area contributed by atoms with Crippen LogP contribution in [-0.4, -0.2) is 18.1 Å². The molecule has 0 fully saturated rings. The molecule has 1 aromatic heterocycles. The zero-order valence-electron chi connectivity index (χ0n) is 15.6. The Labute approximate surface area is 167 Å². The lowest BCUT2D eigenvalue weighted by molar-refractivity contribution is 0.0602. The molecule has 0 aliphatic heterocycles. The van der Waals surface area contributed by atoms with Gasteiger partial charge in [0, 0.05) is 17.1 Å². The Morgan fingerprint density at radius 2 is 2.00 bits per heavy atom. The molecule has 1 heterocycles. The average Bonchev–Trinajstić information content (AvgIpc) is 3.24. The first-order valence-corrected chi connectivity index (χ1v) is 9.63. The van der Waals surface area contributed by atoms with Gasteiger partial charge in [0.1, 0.15) is 16.6 Å². The van der Waals surface area contributed by atoms with E-state index < -0.39 is 5.97 Å². The fourth-order valence-corrected chi connectivity index (χ4v) is 3.42. The van der Waals surface area contributed by atoms with Gasteiger partial charge in [0.15, 0.2) is 0 Å². The number of thiazole rings is 1. The van der Waals surface area contributed by atoms with E-state index in [9.17, 15) is 10.1 Å². The maximum absolute atomic E-state index is 11.9. The smallest absolute Gasteiger partial charge is 0.339 e. The van der Waals surface area contributed by atoms with Crippen molar-refractivity contribution < 1.29 is 9.53 Å². The molecule has 0 unspecified atom stereocenters. The lowest BCUT2D eigenvalue weighted by atomic mass is 10.1. The molecule has 3 aromatic rings. The summed E-state index contributed by atoms with van der Waals surface area (Å²) in [6.45, 7) is 2.12. The van der Waals surface area contributed by atoms with Gasteiger partial charge in [-0.05, 0) is 24.1 Å². The molecule has 0 aliphatic carbocycles. The maximum Gasteiger partial charge on any atom is 0.339 e. The minimum absolute atomic E-state index is 0.390. The number of nitrogens with zero attached hydrogens (tertiary/aromatic N) is 2. The Kier molecular flexibility index (Phi) is 6.20. The molecule has 0 saturated heterocycles. The molecule has 0 saturated carbocycles. The zero-order chi connectivity index (χ0) is 19.9. The van der Waals surface area contributed by atoms with Gasteiger partial charge in [-0.2, -0.15) is 5.26 Å². The van der Waals surface area contributed by atoms with E-state index in [0.717, 1.165) is 17.7 Å². The number of hydrogen-bond acceptors (Lipinski definition) is 6. The van der Waals surface area contributed by atoms with E-state index >= 15 is 0 Å². The number of anilines is 1. The van der Waals surface area contributed by atoms with E-state index in [2.05, 4.69) is 35.4 Å². The van der Waals surface area contributed by atoms with Crippen LogP contribution in [0.5, 0.6) is 0 Å². The molecule has 5 nitrogen and oxygen atoms in total. The fourth-order valence-electron chi connectivity index (χ4n) is 2.63. The Hall–Kier alpha value is -3.43.